The van der Waals surface area contributed by atoms with Crippen LogP contribution in [0.5, 0.6) is 0 Å². The van der Waals surface area contributed by atoms with Gasteiger partial charge in [-0.2, -0.15) is 0 Å². The van der Waals surface area contributed by atoms with Gasteiger partial charge in [-0.15, -0.1) is 0 Å². The first-order valence-electron chi connectivity index (χ1n) is 6.75. The molecule has 2 heteroatoms. The number of hydrogen-bond acceptors (Lipinski definition) is 2. The van der Waals surface area contributed by atoms with Gasteiger partial charge in [-0.05, 0) is 31.2 Å². The maximum Gasteiger partial charge on any atom is 0.0421 e. The molecule has 18 heavy (non-hydrogen) atoms. The van der Waals surface area contributed by atoms with Crippen molar-refractivity contribution >= 4 is 0 Å². The van der Waals surface area contributed by atoms with Crippen LogP contribution in [0.15, 0.2) is 30.3 Å². The predicted molar refractivity (Wildman–Crippen MR) is 79.5 cm³/mol. The number of rotatable bonds is 5. The van der Waals surface area contributed by atoms with Crippen LogP contribution in [0.4, 0.5) is 0 Å². The number of benzene rings is 1. The Bertz CT molecular complexity index is 349. The minimum Gasteiger partial charge on any atom is -0.323 e. The summed E-state index contributed by atoms with van der Waals surface area (Å²) < 4.78 is 0. The fourth-order valence-electron chi connectivity index (χ4n) is 2.59. The maximum atomic E-state index is 6.20. The Morgan fingerprint density at radius 3 is 2.11 bits per heavy atom. The second-order valence-electron chi connectivity index (χ2n) is 7.02. The van der Waals surface area contributed by atoms with Gasteiger partial charge in [0.1, 0.15) is 0 Å². The quantitative estimate of drug-likeness (QED) is 0.837. The van der Waals surface area contributed by atoms with Gasteiger partial charge in [0, 0.05) is 18.1 Å². The van der Waals surface area contributed by atoms with Gasteiger partial charge >= 0.3 is 0 Å². The molecule has 2 nitrogen and oxygen atoms in total. The molecule has 0 aliphatic carbocycles. The minimum absolute atomic E-state index is 0.0606. The first-order valence-corrected chi connectivity index (χ1v) is 6.75. The second-order valence-corrected chi connectivity index (χ2v) is 7.02. The van der Waals surface area contributed by atoms with Gasteiger partial charge in [0.25, 0.3) is 0 Å². The van der Waals surface area contributed by atoms with Gasteiger partial charge < -0.3 is 11.1 Å². The summed E-state index contributed by atoms with van der Waals surface area (Å²) in [7, 11) is 0. The number of nitrogens with two attached hydrogens (primary N) is 1. The zero-order valence-electron chi connectivity index (χ0n) is 12.5. The third kappa shape index (κ3) is 5.65. The van der Waals surface area contributed by atoms with Crippen molar-refractivity contribution in [2.24, 2.45) is 11.1 Å². The van der Waals surface area contributed by atoms with Crippen LogP contribution in [-0.4, -0.2) is 12.1 Å². The molecule has 1 aromatic carbocycles. The van der Waals surface area contributed by atoms with E-state index in [1.54, 1.807) is 0 Å². The summed E-state index contributed by atoms with van der Waals surface area (Å²) in [6.07, 6.45) is 1.13. The Labute approximate surface area is 112 Å². The van der Waals surface area contributed by atoms with Crippen molar-refractivity contribution in [3.63, 3.8) is 0 Å². The Kier molecular flexibility index (Phi) is 4.94. The maximum absolute atomic E-state index is 6.20. The Morgan fingerprint density at radius 1 is 1.06 bits per heavy atom. The Morgan fingerprint density at radius 2 is 1.61 bits per heavy atom. The molecule has 1 aromatic rings. The summed E-state index contributed by atoms with van der Waals surface area (Å²) in [4.78, 5) is 0. The molecule has 0 radical (unpaired) electrons. The lowest BCUT2D eigenvalue weighted by molar-refractivity contribution is 0.239. The highest BCUT2D eigenvalue weighted by molar-refractivity contribution is 5.18. The summed E-state index contributed by atoms with van der Waals surface area (Å²) in [6.45, 7) is 12.1. The van der Waals surface area contributed by atoms with E-state index in [1.165, 1.54) is 5.56 Å². The lowest BCUT2D eigenvalue weighted by atomic mass is 9.81. The average molecular weight is 248 g/mol. The van der Waals surface area contributed by atoms with Crippen LogP contribution in [0, 0.1) is 5.41 Å². The van der Waals surface area contributed by atoms with Crippen molar-refractivity contribution < 1.29 is 0 Å². The van der Waals surface area contributed by atoms with Crippen molar-refractivity contribution in [3.8, 4) is 0 Å². The molecule has 1 unspecified atom stereocenters. The third-order valence-corrected chi connectivity index (χ3v) is 3.00. The highest BCUT2D eigenvalue weighted by Crippen LogP contribution is 2.27. The topological polar surface area (TPSA) is 38.0 Å². The fraction of sp³-hybridized carbons (Fsp3) is 0.625. The first-order chi connectivity index (χ1) is 8.20. The largest absolute Gasteiger partial charge is 0.323 e. The molecule has 0 saturated carbocycles. The Hall–Kier alpha value is -0.860. The Balaban J connectivity index is 2.50. The van der Waals surface area contributed by atoms with E-state index in [0.29, 0.717) is 5.41 Å². The van der Waals surface area contributed by atoms with Gasteiger partial charge in [0.2, 0.25) is 0 Å². The average Bonchev–Trinajstić information content (AvgIpc) is 2.24. The number of nitrogens with one attached hydrogen (secondary N) is 1. The summed E-state index contributed by atoms with van der Waals surface area (Å²) in [6, 6.07) is 10.3. The molecule has 3 N–H and O–H groups in total. The molecule has 0 spiro atoms. The van der Waals surface area contributed by atoms with E-state index >= 15 is 0 Å². The molecule has 0 fully saturated rings. The van der Waals surface area contributed by atoms with Gasteiger partial charge in [0.15, 0.2) is 0 Å². The normalized spacial score (nSPS) is 14.6. The zero-order chi connectivity index (χ0) is 13.8. The fourth-order valence-corrected chi connectivity index (χ4v) is 2.59. The molecule has 1 atom stereocenters. The molecule has 0 aliphatic rings. The highest BCUT2D eigenvalue weighted by atomic mass is 15.0. The molecule has 0 heterocycles. The van der Waals surface area contributed by atoms with Crippen LogP contribution in [0.2, 0.25) is 0 Å². The van der Waals surface area contributed by atoms with Gasteiger partial charge in [-0.1, -0.05) is 51.1 Å². The van der Waals surface area contributed by atoms with Crippen molar-refractivity contribution in [2.45, 2.75) is 52.6 Å². The van der Waals surface area contributed by atoms with E-state index in [9.17, 15) is 0 Å². The van der Waals surface area contributed by atoms with Crippen molar-refractivity contribution in [1.82, 2.24) is 5.32 Å². The lowest BCUT2D eigenvalue weighted by Crippen LogP contribution is -2.45. The van der Waals surface area contributed by atoms with E-state index < -0.39 is 0 Å². The zero-order valence-corrected chi connectivity index (χ0v) is 12.5. The van der Waals surface area contributed by atoms with Crippen molar-refractivity contribution in [2.75, 3.05) is 6.54 Å². The van der Waals surface area contributed by atoms with Gasteiger partial charge in [-0.3, -0.25) is 0 Å². The van der Waals surface area contributed by atoms with E-state index in [0.717, 1.165) is 13.0 Å². The van der Waals surface area contributed by atoms with E-state index in [2.05, 4.69) is 52.1 Å². The van der Waals surface area contributed by atoms with Crippen LogP contribution >= 0.6 is 0 Å². The van der Waals surface area contributed by atoms with Crippen LogP contribution in [0.1, 0.15) is 52.6 Å². The predicted octanol–water partition coefficient (Wildman–Crippen LogP) is 3.49. The molecular formula is C16H28N2. The first kappa shape index (κ1) is 15.2. The molecule has 0 bridgehead atoms. The monoisotopic (exact) mass is 248 g/mol. The SMILES string of the molecule is CC(C)(C)CC(C)(C)NCC(N)c1ccccc1. The standard InChI is InChI=1S/C16H28N2/c1-15(2,3)12-16(4,5)18-11-14(17)13-9-7-6-8-10-13/h6-10,14,18H,11-12,17H2,1-5H3. The van der Waals surface area contributed by atoms with E-state index in [4.69, 9.17) is 5.73 Å². The van der Waals surface area contributed by atoms with Gasteiger partial charge in [0.05, 0.1) is 0 Å². The number of hydrogen-bond donors (Lipinski definition) is 2. The molecule has 102 valence electrons. The van der Waals surface area contributed by atoms with E-state index in [1.807, 2.05) is 18.2 Å². The van der Waals surface area contributed by atoms with E-state index in [-0.39, 0.29) is 11.6 Å². The molecular weight excluding hydrogens is 220 g/mol. The van der Waals surface area contributed by atoms with Crippen LogP contribution in [0.3, 0.4) is 0 Å². The summed E-state index contributed by atoms with van der Waals surface area (Å²) in [5, 5.41) is 3.59. The van der Waals surface area contributed by atoms with Gasteiger partial charge in [-0.25, -0.2) is 0 Å². The summed E-state index contributed by atoms with van der Waals surface area (Å²) in [5.74, 6) is 0. The third-order valence-electron chi connectivity index (χ3n) is 3.00. The van der Waals surface area contributed by atoms with Crippen LogP contribution < -0.4 is 11.1 Å². The minimum atomic E-state index is 0.0606. The second kappa shape index (κ2) is 5.85. The van der Waals surface area contributed by atoms with Crippen molar-refractivity contribution in [3.05, 3.63) is 35.9 Å². The molecule has 1 rings (SSSR count). The molecule has 0 saturated heterocycles. The van der Waals surface area contributed by atoms with Crippen LogP contribution in [-0.2, 0) is 0 Å². The molecule has 0 aromatic heterocycles. The lowest BCUT2D eigenvalue weighted by Gasteiger charge is -2.34. The smallest absolute Gasteiger partial charge is 0.0421 e. The summed E-state index contributed by atoms with van der Waals surface area (Å²) in [5.41, 5.74) is 7.84. The van der Waals surface area contributed by atoms with Crippen molar-refractivity contribution in [1.29, 1.82) is 0 Å². The molecule has 0 amide bonds. The summed E-state index contributed by atoms with van der Waals surface area (Å²) >= 11 is 0. The van der Waals surface area contributed by atoms with Crippen LogP contribution in [0.25, 0.3) is 0 Å². The molecule has 0 aliphatic heterocycles. The highest BCUT2D eigenvalue weighted by Gasteiger charge is 2.25.